The van der Waals surface area contributed by atoms with E-state index in [0.29, 0.717) is 12.3 Å². The first kappa shape index (κ1) is 17.0. The van der Waals surface area contributed by atoms with Gasteiger partial charge in [0.2, 0.25) is 5.91 Å². The summed E-state index contributed by atoms with van der Waals surface area (Å²) in [5.74, 6) is 1.73. The van der Waals surface area contributed by atoms with E-state index in [4.69, 9.17) is 0 Å². The van der Waals surface area contributed by atoms with Crippen molar-refractivity contribution in [1.29, 1.82) is 0 Å². The van der Waals surface area contributed by atoms with Crippen LogP contribution in [0.2, 0.25) is 0 Å². The molecule has 2 rings (SSSR count). The first-order valence-corrected chi connectivity index (χ1v) is 8.55. The van der Waals surface area contributed by atoms with Crippen LogP contribution in [-0.2, 0) is 11.2 Å². The van der Waals surface area contributed by atoms with Crippen molar-refractivity contribution in [3.05, 3.63) is 35.9 Å². The van der Waals surface area contributed by atoms with Crippen LogP contribution in [0.4, 0.5) is 0 Å². The second-order valence-corrected chi connectivity index (χ2v) is 6.93. The summed E-state index contributed by atoms with van der Waals surface area (Å²) in [6.45, 7) is 4.53. The number of benzene rings is 1. The maximum Gasteiger partial charge on any atom is 0.223 e. The number of carbonyl (C=O) groups is 1. The molecule has 122 valence electrons. The second-order valence-electron chi connectivity index (χ2n) is 6.93. The molecular weight excluding hydrogens is 274 g/mol. The lowest BCUT2D eigenvalue weighted by Crippen LogP contribution is -2.43. The lowest BCUT2D eigenvalue weighted by atomic mass is 9.76. The Labute approximate surface area is 134 Å². The normalized spacial score (nSPS) is 23.3. The number of aliphatic hydroxyl groups is 1. The fraction of sp³-hybridized carbons (Fsp3) is 0.632. The quantitative estimate of drug-likeness (QED) is 0.848. The third-order valence-corrected chi connectivity index (χ3v) is 4.98. The minimum Gasteiger partial charge on any atom is -0.394 e. The standard InChI is InChI=1S/C19H29NO2/c1-14(2)16-8-10-17(11-9-16)19(22)20-18(13-21)12-15-6-4-3-5-7-15/h3-7,14,16-18,21H,8-13H2,1-2H3,(H,20,22)/t16?,17?,18-/m1/s1. The smallest absolute Gasteiger partial charge is 0.223 e. The van der Waals surface area contributed by atoms with Crippen LogP contribution in [0.5, 0.6) is 0 Å². The zero-order chi connectivity index (χ0) is 15.9. The molecule has 1 amide bonds. The molecule has 0 saturated heterocycles. The predicted molar refractivity (Wildman–Crippen MR) is 89.4 cm³/mol. The van der Waals surface area contributed by atoms with Crippen LogP contribution in [0.1, 0.15) is 45.1 Å². The highest BCUT2D eigenvalue weighted by Crippen LogP contribution is 2.33. The summed E-state index contributed by atoms with van der Waals surface area (Å²) >= 11 is 0. The first-order chi connectivity index (χ1) is 10.6. The summed E-state index contributed by atoms with van der Waals surface area (Å²) in [6.07, 6.45) is 4.96. The number of rotatable bonds is 6. The van der Waals surface area contributed by atoms with Crippen LogP contribution < -0.4 is 5.32 Å². The summed E-state index contributed by atoms with van der Waals surface area (Å²) < 4.78 is 0. The molecule has 0 unspecified atom stereocenters. The van der Waals surface area contributed by atoms with E-state index in [9.17, 15) is 9.90 Å². The summed E-state index contributed by atoms with van der Waals surface area (Å²) in [5, 5.41) is 12.6. The van der Waals surface area contributed by atoms with E-state index in [2.05, 4.69) is 19.2 Å². The maximum absolute atomic E-state index is 12.4. The Hall–Kier alpha value is -1.35. The van der Waals surface area contributed by atoms with Gasteiger partial charge < -0.3 is 10.4 Å². The highest BCUT2D eigenvalue weighted by Gasteiger charge is 2.28. The zero-order valence-electron chi connectivity index (χ0n) is 13.8. The fourth-order valence-electron chi connectivity index (χ4n) is 3.43. The van der Waals surface area contributed by atoms with Gasteiger partial charge in [0.25, 0.3) is 0 Å². The molecule has 3 nitrogen and oxygen atoms in total. The summed E-state index contributed by atoms with van der Waals surface area (Å²) in [5.41, 5.74) is 1.14. The maximum atomic E-state index is 12.4. The van der Waals surface area contributed by atoms with Gasteiger partial charge in [0.1, 0.15) is 0 Å². The van der Waals surface area contributed by atoms with E-state index in [1.54, 1.807) is 0 Å². The van der Waals surface area contributed by atoms with E-state index < -0.39 is 0 Å². The fourth-order valence-corrected chi connectivity index (χ4v) is 3.43. The number of amides is 1. The molecule has 22 heavy (non-hydrogen) atoms. The van der Waals surface area contributed by atoms with Gasteiger partial charge >= 0.3 is 0 Å². The lowest BCUT2D eigenvalue weighted by molar-refractivity contribution is -0.127. The van der Waals surface area contributed by atoms with E-state index in [1.807, 2.05) is 30.3 Å². The third-order valence-electron chi connectivity index (χ3n) is 4.98. The van der Waals surface area contributed by atoms with Crippen molar-refractivity contribution in [1.82, 2.24) is 5.32 Å². The number of hydrogen-bond acceptors (Lipinski definition) is 2. The van der Waals surface area contributed by atoms with E-state index in [-0.39, 0.29) is 24.5 Å². The third kappa shape index (κ3) is 4.84. The van der Waals surface area contributed by atoms with Gasteiger partial charge in [-0.25, -0.2) is 0 Å². The van der Waals surface area contributed by atoms with Crippen molar-refractivity contribution in [2.24, 2.45) is 17.8 Å². The van der Waals surface area contributed by atoms with Crippen LogP contribution in [0.3, 0.4) is 0 Å². The van der Waals surface area contributed by atoms with Gasteiger partial charge in [0.15, 0.2) is 0 Å². The molecule has 2 N–H and O–H groups in total. The molecule has 1 fully saturated rings. The van der Waals surface area contributed by atoms with Crippen LogP contribution in [-0.4, -0.2) is 23.7 Å². The average Bonchev–Trinajstić information content (AvgIpc) is 2.55. The Morgan fingerprint density at radius 3 is 2.36 bits per heavy atom. The Morgan fingerprint density at radius 1 is 1.18 bits per heavy atom. The number of hydrogen-bond donors (Lipinski definition) is 2. The molecule has 0 heterocycles. The largest absolute Gasteiger partial charge is 0.394 e. The topological polar surface area (TPSA) is 49.3 Å². The molecule has 1 aromatic rings. The molecule has 0 bridgehead atoms. The Morgan fingerprint density at radius 2 is 1.82 bits per heavy atom. The Bertz CT molecular complexity index is 450. The molecule has 0 aromatic heterocycles. The van der Waals surface area contributed by atoms with Crippen molar-refractivity contribution in [3.63, 3.8) is 0 Å². The second kappa shape index (κ2) is 8.33. The molecule has 0 aliphatic heterocycles. The zero-order valence-corrected chi connectivity index (χ0v) is 13.8. The summed E-state index contributed by atoms with van der Waals surface area (Å²) in [4.78, 5) is 12.4. The predicted octanol–water partition coefficient (Wildman–Crippen LogP) is 3.17. The van der Waals surface area contributed by atoms with Gasteiger partial charge in [-0.1, -0.05) is 44.2 Å². The first-order valence-electron chi connectivity index (χ1n) is 8.55. The van der Waals surface area contributed by atoms with Gasteiger partial charge in [-0.05, 0) is 49.5 Å². The van der Waals surface area contributed by atoms with Crippen LogP contribution in [0, 0.1) is 17.8 Å². The van der Waals surface area contributed by atoms with Crippen LogP contribution >= 0.6 is 0 Å². The molecule has 0 radical (unpaired) electrons. The van der Waals surface area contributed by atoms with E-state index >= 15 is 0 Å². The molecule has 0 spiro atoms. The Kier molecular flexibility index (Phi) is 6.44. The minimum atomic E-state index is -0.183. The van der Waals surface area contributed by atoms with Crippen molar-refractivity contribution in [2.75, 3.05) is 6.61 Å². The van der Waals surface area contributed by atoms with Gasteiger partial charge in [0.05, 0.1) is 12.6 Å². The number of aliphatic hydroxyl groups excluding tert-OH is 1. The summed E-state index contributed by atoms with van der Waals surface area (Å²) in [7, 11) is 0. The lowest BCUT2D eigenvalue weighted by Gasteiger charge is -2.31. The van der Waals surface area contributed by atoms with Crippen molar-refractivity contribution in [3.8, 4) is 0 Å². The van der Waals surface area contributed by atoms with Crippen LogP contribution in [0.15, 0.2) is 30.3 Å². The molecule has 3 heteroatoms. The van der Waals surface area contributed by atoms with Crippen molar-refractivity contribution < 1.29 is 9.90 Å². The van der Waals surface area contributed by atoms with E-state index in [0.717, 1.165) is 37.2 Å². The average molecular weight is 303 g/mol. The van der Waals surface area contributed by atoms with Gasteiger partial charge in [0, 0.05) is 5.92 Å². The Balaban J connectivity index is 1.82. The van der Waals surface area contributed by atoms with Gasteiger partial charge in [-0.3, -0.25) is 4.79 Å². The SMILES string of the molecule is CC(C)C1CCC(C(=O)N[C@@H](CO)Cc2ccccc2)CC1. The number of nitrogens with one attached hydrogen (secondary N) is 1. The molecular formula is C19H29NO2. The monoisotopic (exact) mass is 303 g/mol. The number of carbonyl (C=O) groups excluding carboxylic acids is 1. The highest BCUT2D eigenvalue weighted by atomic mass is 16.3. The van der Waals surface area contributed by atoms with Crippen LogP contribution in [0.25, 0.3) is 0 Å². The summed E-state index contributed by atoms with van der Waals surface area (Å²) in [6, 6.07) is 9.82. The molecule has 1 aliphatic carbocycles. The van der Waals surface area contributed by atoms with Crippen molar-refractivity contribution in [2.45, 2.75) is 52.0 Å². The molecule has 1 aromatic carbocycles. The minimum absolute atomic E-state index is 0.0119. The highest BCUT2D eigenvalue weighted by molar-refractivity contribution is 5.79. The molecule has 1 aliphatic rings. The van der Waals surface area contributed by atoms with Crippen molar-refractivity contribution >= 4 is 5.91 Å². The molecule has 1 atom stereocenters. The van der Waals surface area contributed by atoms with Gasteiger partial charge in [-0.2, -0.15) is 0 Å². The van der Waals surface area contributed by atoms with Gasteiger partial charge in [-0.15, -0.1) is 0 Å². The molecule has 1 saturated carbocycles. The van der Waals surface area contributed by atoms with E-state index in [1.165, 1.54) is 0 Å².